The Hall–Kier alpha value is -1.88. The zero-order chi connectivity index (χ0) is 17.1. The number of benzene rings is 1. The molecule has 1 aromatic rings. The molecule has 2 fully saturated rings. The maximum Gasteiger partial charge on any atom is 0.229 e. The van der Waals surface area contributed by atoms with Crippen LogP contribution in [-0.2, 0) is 14.3 Å². The third-order valence-corrected chi connectivity index (χ3v) is 5.01. The predicted octanol–water partition coefficient (Wildman–Crippen LogP) is 2.78. The van der Waals surface area contributed by atoms with E-state index in [1.54, 1.807) is 0 Å². The van der Waals surface area contributed by atoms with Crippen molar-refractivity contribution in [3.63, 3.8) is 0 Å². The fourth-order valence-electron chi connectivity index (χ4n) is 3.45. The number of ether oxygens (including phenoxy) is 1. The van der Waals surface area contributed by atoms with E-state index in [1.165, 1.54) is 5.56 Å². The molecule has 0 aromatic heterocycles. The molecule has 1 atom stereocenters. The zero-order valence-electron chi connectivity index (χ0n) is 14.5. The summed E-state index contributed by atoms with van der Waals surface area (Å²) in [6.07, 6.45) is 2.06. The van der Waals surface area contributed by atoms with E-state index >= 15 is 0 Å². The van der Waals surface area contributed by atoms with Gasteiger partial charge in [-0.15, -0.1) is 0 Å². The molecule has 1 unspecified atom stereocenters. The van der Waals surface area contributed by atoms with Crippen LogP contribution in [0.1, 0.15) is 44.6 Å². The van der Waals surface area contributed by atoms with E-state index in [-0.39, 0.29) is 23.8 Å². The Labute approximate surface area is 143 Å². The number of nitrogens with zero attached hydrogens (tertiary/aromatic N) is 1. The van der Waals surface area contributed by atoms with Gasteiger partial charge in [-0.3, -0.25) is 9.59 Å². The molecule has 130 valence electrons. The molecule has 2 amide bonds. The minimum Gasteiger partial charge on any atom is -0.381 e. The third kappa shape index (κ3) is 3.78. The van der Waals surface area contributed by atoms with Crippen LogP contribution in [0.25, 0.3) is 0 Å². The van der Waals surface area contributed by atoms with Crippen LogP contribution >= 0.6 is 0 Å². The summed E-state index contributed by atoms with van der Waals surface area (Å²) >= 11 is 0. The topological polar surface area (TPSA) is 58.6 Å². The fraction of sp³-hybridized carbons (Fsp3) is 0.579. The lowest BCUT2D eigenvalue weighted by molar-refractivity contribution is -0.131. The van der Waals surface area contributed by atoms with Gasteiger partial charge in [-0.25, -0.2) is 0 Å². The van der Waals surface area contributed by atoms with E-state index in [4.69, 9.17) is 4.74 Å². The first-order chi connectivity index (χ1) is 11.5. The number of hydrogen-bond donors (Lipinski definition) is 1. The van der Waals surface area contributed by atoms with Gasteiger partial charge in [0.05, 0.1) is 5.92 Å². The summed E-state index contributed by atoms with van der Waals surface area (Å²) in [7, 11) is 0. The van der Waals surface area contributed by atoms with Crippen molar-refractivity contribution in [2.75, 3.05) is 25.1 Å². The monoisotopic (exact) mass is 330 g/mol. The summed E-state index contributed by atoms with van der Waals surface area (Å²) in [5.41, 5.74) is 2.04. The van der Waals surface area contributed by atoms with Gasteiger partial charge in [0, 0.05) is 37.9 Å². The fourth-order valence-corrected chi connectivity index (χ4v) is 3.45. The van der Waals surface area contributed by atoms with Crippen LogP contribution in [0.5, 0.6) is 0 Å². The van der Waals surface area contributed by atoms with E-state index in [9.17, 15) is 9.59 Å². The highest BCUT2D eigenvalue weighted by Crippen LogP contribution is 2.26. The molecule has 2 aliphatic rings. The molecule has 0 radical (unpaired) electrons. The molecule has 5 nitrogen and oxygen atoms in total. The molecule has 2 aliphatic heterocycles. The van der Waals surface area contributed by atoms with Gasteiger partial charge >= 0.3 is 0 Å². The van der Waals surface area contributed by atoms with E-state index in [0.29, 0.717) is 32.1 Å². The lowest BCUT2D eigenvalue weighted by Gasteiger charge is -2.31. The smallest absolute Gasteiger partial charge is 0.229 e. The van der Waals surface area contributed by atoms with Crippen molar-refractivity contribution in [2.45, 2.75) is 45.1 Å². The zero-order valence-corrected chi connectivity index (χ0v) is 14.5. The van der Waals surface area contributed by atoms with Crippen molar-refractivity contribution >= 4 is 17.5 Å². The van der Waals surface area contributed by atoms with E-state index < -0.39 is 0 Å². The van der Waals surface area contributed by atoms with Crippen molar-refractivity contribution in [3.05, 3.63) is 29.8 Å². The van der Waals surface area contributed by atoms with Crippen molar-refractivity contribution in [1.82, 2.24) is 4.90 Å². The summed E-state index contributed by atoms with van der Waals surface area (Å²) in [5, 5.41) is 2.95. The number of carbonyl (C=O) groups is 2. The molecular formula is C19H26N2O3. The molecule has 2 saturated heterocycles. The van der Waals surface area contributed by atoms with Gasteiger partial charge in [-0.1, -0.05) is 26.0 Å². The van der Waals surface area contributed by atoms with Gasteiger partial charge in [0.2, 0.25) is 11.8 Å². The molecule has 1 N–H and O–H groups in total. The van der Waals surface area contributed by atoms with Gasteiger partial charge in [-0.2, -0.15) is 0 Å². The molecule has 3 rings (SSSR count). The van der Waals surface area contributed by atoms with Gasteiger partial charge in [0.1, 0.15) is 0 Å². The Bertz CT molecular complexity index is 591. The third-order valence-electron chi connectivity index (χ3n) is 5.01. The standard InChI is InChI=1S/C19H26N2O3/c1-13(2)14-3-5-16(6-4-14)20-19(23)15-11-18(22)21(12-15)17-7-9-24-10-8-17/h3-6,13,15,17H,7-12H2,1-2H3,(H,20,23). The number of carbonyl (C=O) groups excluding carboxylic acids is 2. The lowest BCUT2D eigenvalue weighted by atomic mass is 10.0. The van der Waals surface area contributed by atoms with Gasteiger partial charge in [0.25, 0.3) is 0 Å². The Morgan fingerprint density at radius 2 is 1.88 bits per heavy atom. The van der Waals surface area contributed by atoms with E-state index in [1.807, 2.05) is 29.2 Å². The molecule has 0 spiro atoms. The highest BCUT2D eigenvalue weighted by Gasteiger charge is 2.38. The average molecular weight is 330 g/mol. The Morgan fingerprint density at radius 3 is 2.50 bits per heavy atom. The van der Waals surface area contributed by atoms with E-state index in [0.717, 1.165) is 18.5 Å². The van der Waals surface area contributed by atoms with Crippen LogP contribution in [0.2, 0.25) is 0 Å². The second-order valence-electron chi connectivity index (χ2n) is 7.06. The molecular weight excluding hydrogens is 304 g/mol. The van der Waals surface area contributed by atoms with Crippen molar-refractivity contribution in [1.29, 1.82) is 0 Å². The first kappa shape index (κ1) is 17.0. The Morgan fingerprint density at radius 1 is 1.21 bits per heavy atom. The summed E-state index contributed by atoms with van der Waals surface area (Å²) in [5.74, 6) is 0.243. The van der Waals surface area contributed by atoms with Crippen molar-refractivity contribution < 1.29 is 14.3 Å². The largest absolute Gasteiger partial charge is 0.381 e. The lowest BCUT2D eigenvalue weighted by Crippen LogP contribution is -2.41. The number of hydrogen-bond acceptors (Lipinski definition) is 3. The second kappa shape index (κ2) is 7.34. The summed E-state index contributed by atoms with van der Waals surface area (Å²) in [6.45, 7) is 6.21. The van der Waals surface area contributed by atoms with Crippen LogP contribution in [0, 0.1) is 5.92 Å². The van der Waals surface area contributed by atoms with Gasteiger partial charge in [0.15, 0.2) is 0 Å². The number of amides is 2. The molecule has 2 heterocycles. The molecule has 5 heteroatoms. The quantitative estimate of drug-likeness (QED) is 0.923. The first-order valence-corrected chi connectivity index (χ1v) is 8.82. The minimum atomic E-state index is -0.259. The van der Waals surface area contributed by atoms with E-state index in [2.05, 4.69) is 19.2 Å². The van der Waals surface area contributed by atoms with Crippen LogP contribution in [0.4, 0.5) is 5.69 Å². The predicted molar refractivity (Wildman–Crippen MR) is 92.8 cm³/mol. The van der Waals surface area contributed by atoms with Crippen molar-refractivity contribution in [3.8, 4) is 0 Å². The highest BCUT2D eigenvalue weighted by atomic mass is 16.5. The summed E-state index contributed by atoms with van der Waals surface area (Å²) < 4.78 is 5.36. The summed E-state index contributed by atoms with van der Waals surface area (Å²) in [6, 6.07) is 8.16. The maximum absolute atomic E-state index is 12.5. The molecule has 0 saturated carbocycles. The normalized spacial score (nSPS) is 22.2. The number of nitrogens with one attached hydrogen (secondary N) is 1. The molecule has 0 aliphatic carbocycles. The number of likely N-dealkylation sites (tertiary alicyclic amines) is 1. The van der Waals surface area contributed by atoms with Crippen molar-refractivity contribution in [2.24, 2.45) is 5.92 Å². The van der Waals surface area contributed by atoms with Gasteiger partial charge in [-0.05, 0) is 36.5 Å². The highest BCUT2D eigenvalue weighted by molar-refractivity contribution is 5.97. The van der Waals surface area contributed by atoms with Crippen LogP contribution in [0.3, 0.4) is 0 Å². The maximum atomic E-state index is 12.5. The first-order valence-electron chi connectivity index (χ1n) is 8.82. The second-order valence-corrected chi connectivity index (χ2v) is 7.06. The molecule has 0 bridgehead atoms. The molecule has 1 aromatic carbocycles. The Balaban J connectivity index is 1.58. The SMILES string of the molecule is CC(C)c1ccc(NC(=O)C2CC(=O)N(C3CCOCC3)C2)cc1. The Kier molecular flexibility index (Phi) is 5.19. The number of anilines is 1. The van der Waals surface area contributed by atoms with Crippen LogP contribution in [0.15, 0.2) is 24.3 Å². The minimum absolute atomic E-state index is 0.0600. The van der Waals surface area contributed by atoms with Crippen LogP contribution in [-0.4, -0.2) is 42.5 Å². The molecule has 24 heavy (non-hydrogen) atoms. The summed E-state index contributed by atoms with van der Waals surface area (Å²) in [4.78, 5) is 26.6. The average Bonchev–Trinajstić information content (AvgIpc) is 2.98. The van der Waals surface area contributed by atoms with Crippen LogP contribution < -0.4 is 5.32 Å². The van der Waals surface area contributed by atoms with Gasteiger partial charge < -0.3 is 15.0 Å². The number of rotatable bonds is 4.